The van der Waals surface area contributed by atoms with Crippen LogP contribution >= 0.6 is 0 Å². The number of ether oxygens (including phenoxy) is 3. The van der Waals surface area contributed by atoms with Crippen molar-refractivity contribution < 1.29 is 19.0 Å². The predicted molar refractivity (Wildman–Crippen MR) is 90.9 cm³/mol. The van der Waals surface area contributed by atoms with Crippen molar-refractivity contribution in [2.24, 2.45) is 0 Å². The van der Waals surface area contributed by atoms with Gasteiger partial charge in [0.1, 0.15) is 17.6 Å². The monoisotopic (exact) mass is 330 g/mol. The number of methoxy groups -OCH3 is 1. The summed E-state index contributed by atoms with van der Waals surface area (Å²) in [6, 6.07) is 17.8. The number of carbonyl (C=O) groups excluding carboxylic acids is 1. The van der Waals surface area contributed by atoms with Gasteiger partial charge in [-0.15, -0.1) is 0 Å². The number of ketones is 1. The zero-order chi connectivity index (χ0) is 16.8. The van der Waals surface area contributed by atoms with Crippen molar-refractivity contribution >= 4 is 16.6 Å². The van der Waals surface area contributed by atoms with E-state index in [1.165, 1.54) is 0 Å². The fourth-order valence-electron chi connectivity index (χ4n) is 4.49. The third kappa shape index (κ3) is 1.44. The van der Waals surface area contributed by atoms with E-state index in [0.717, 1.165) is 27.5 Å². The zero-order valence-electron chi connectivity index (χ0n) is 13.5. The topological polar surface area (TPSA) is 48.1 Å². The Bertz CT molecular complexity index is 1090. The molecule has 4 nitrogen and oxygen atoms in total. The number of benzene rings is 3. The Morgan fingerprint density at radius 2 is 1.76 bits per heavy atom. The summed E-state index contributed by atoms with van der Waals surface area (Å²) >= 11 is 0. The van der Waals surface area contributed by atoms with Crippen molar-refractivity contribution in [1.29, 1.82) is 0 Å². The van der Waals surface area contributed by atoms with E-state index in [4.69, 9.17) is 14.2 Å². The Kier molecular flexibility index (Phi) is 2.33. The van der Waals surface area contributed by atoms with E-state index >= 15 is 0 Å². The highest BCUT2D eigenvalue weighted by Crippen LogP contribution is 2.61. The van der Waals surface area contributed by atoms with Gasteiger partial charge in [-0.3, -0.25) is 4.79 Å². The summed E-state index contributed by atoms with van der Waals surface area (Å²) in [7, 11) is 1.60. The molecular weight excluding hydrogens is 316 g/mol. The highest BCUT2D eigenvalue weighted by Gasteiger charge is 2.65. The SMILES string of the molecule is CO[C@@]12C(=O)[C@H]3O[C@H]3c3cccc(c31)Oc1ccc3ccccc3c12. The summed E-state index contributed by atoms with van der Waals surface area (Å²) in [4.78, 5) is 13.4. The Hall–Kier alpha value is -2.69. The highest BCUT2D eigenvalue weighted by atomic mass is 16.6. The van der Waals surface area contributed by atoms with Crippen LogP contribution in [0.3, 0.4) is 0 Å². The molecular formula is C21H14O4. The maximum Gasteiger partial charge on any atom is 0.205 e. The maximum atomic E-state index is 13.4. The van der Waals surface area contributed by atoms with Crippen molar-refractivity contribution in [2.75, 3.05) is 7.11 Å². The van der Waals surface area contributed by atoms with E-state index in [2.05, 4.69) is 0 Å². The molecule has 1 fully saturated rings. The van der Waals surface area contributed by atoms with Crippen LogP contribution in [0.25, 0.3) is 10.8 Å². The van der Waals surface area contributed by atoms with Crippen LogP contribution in [0.1, 0.15) is 22.8 Å². The van der Waals surface area contributed by atoms with Gasteiger partial charge in [-0.2, -0.15) is 0 Å². The number of Topliss-reactive ketones (excluding diaryl/α,β-unsaturated/α-hetero) is 1. The minimum absolute atomic E-state index is 0.0409. The summed E-state index contributed by atoms with van der Waals surface area (Å²) < 4.78 is 17.9. The molecule has 0 unspecified atom stereocenters. The molecule has 0 bridgehead atoms. The van der Waals surface area contributed by atoms with Crippen molar-refractivity contribution in [1.82, 2.24) is 0 Å². The Morgan fingerprint density at radius 3 is 2.64 bits per heavy atom. The lowest BCUT2D eigenvalue weighted by molar-refractivity contribution is -0.139. The van der Waals surface area contributed by atoms with E-state index < -0.39 is 11.7 Å². The van der Waals surface area contributed by atoms with Gasteiger partial charge in [-0.05, 0) is 28.5 Å². The lowest BCUT2D eigenvalue weighted by atomic mass is 9.71. The zero-order valence-corrected chi connectivity index (χ0v) is 13.5. The van der Waals surface area contributed by atoms with Crippen LogP contribution in [0.15, 0.2) is 54.6 Å². The summed E-state index contributed by atoms with van der Waals surface area (Å²) in [5, 5.41) is 2.02. The maximum absolute atomic E-state index is 13.4. The first-order valence-electron chi connectivity index (χ1n) is 8.34. The first-order valence-corrected chi connectivity index (χ1v) is 8.34. The molecule has 2 aliphatic heterocycles. The lowest BCUT2D eigenvalue weighted by Crippen LogP contribution is -2.47. The molecule has 0 saturated carbocycles. The molecule has 1 aliphatic carbocycles. The lowest BCUT2D eigenvalue weighted by Gasteiger charge is -2.41. The molecule has 0 spiro atoms. The number of carbonyl (C=O) groups is 1. The molecule has 0 radical (unpaired) electrons. The van der Waals surface area contributed by atoms with E-state index in [0.29, 0.717) is 11.5 Å². The Balaban J connectivity index is 1.81. The number of epoxide rings is 1. The van der Waals surface area contributed by atoms with Gasteiger partial charge in [0.2, 0.25) is 5.78 Å². The van der Waals surface area contributed by atoms with Gasteiger partial charge in [-0.1, -0.05) is 42.5 Å². The summed E-state index contributed by atoms with van der Waals surface area (Å²) in [6.07, 6.45) is -0.613. The molecule has 0 aromatic heterocycles. The van der Waals surface area contributed by atoms with Crippen LogP contribution < -0.4 is 4.74 Å². The number of hydrogen-bond donors (Lipinski definition) is 0. The number of rotatable bonds is 1. The third-order valence-corrected chi connectivity index (χ3v) is 5.58. The largest absolute Gasteiger partial charge is 0.456 e. The minimum Gasteiger partial charge on any atom is -0.456 e. The Labute approximate surface area is 143 Å². The molecule has 122 valence electrons. The van der Waals surface area contributed by atoms with Crippen molar-refractivity contribution in [3.63, 3.8) is 0 Å². The van der Waals surface area contributed by atoms with Crippen LogP contribution in [0.5, 0.6) is 11.5 Å². The van der Waals surface area contributed by atoms with Gasteiger partial charge in [0, 0.05) is 18.2 Å². The quantitative estimate of drug-likeness (QED) is 0.636. The van der Waals surface area contributed by atoms with Crippen LogP contribution in [-0.4, -0.2) is 19.0 Å². The van der Waals surface area contributed by atoms with Crippen LogP contribution in [0.4, 0.5) is 0 Å². The summed E-state index contributed by atoms with van der Waals surface area (Å²) in [5.74, 6) is 1.29. The molecule has 0 N–H and O–H groups in total. The number of hydrogen-bond acceptors (Lipinski definition) is 4. The smallest absolute Gasteiger partial charge is 0.205 e. The minimum atomic E-state index is -1.18. The first-order chi connectivity index (χ1) is 12.3. The number of fused-ring (bicyclic) bond motifs is 6. The molecule has 1 saturated heterocycles. The third-order valence-electron chi connectivity index (χ3n) is 5.58. The second-order valence-corrected chi connectivity index (χ2v) is 6.71. The van der Waals surface area contributed by atoms with Gasteiger partial charge >= 0.3 is 0 Å². The first kappa shape index (κ1) is 13.6. The van der Waals surface area contributed by atoms with Gasteiger partial charge in [0.15, 0.2) is 11.7 Å². The fraction of sp³-hybridized carbons (Fsp3) is 0.190. The molecule has 2 heterocycles. The van der Waals surface area contributed by atoms with Crippen molar-refractivity contribution in [3.8, 4) is 11.5 Å². The van der Waals surface area contributed by atoms with Crippen LogP contribution in [0.2, 0.25) is 0 Å². The molecule has 25 heavy (non-hydrogen) atoms. The molecule has 3 aromatic carbocycles. The average molecular weight is 330 g/mol. The van der Waals surface area contributed by atoms with Crippen molar-refractivity contribution in [2.45, 2.75) is 17.8 Å². The molecule has 6 rings (SSSR count). The van der Waals surface area contributed by atoms with E-state index in [1.807, 2.05) is 54.6 Å². The van der Waals surface area contributed by atoms with Crippen molar-refractivity contribution in [3.05, 3.63) is 71.3 Å². The molecule has 0 amide bonds. The second-order valence-electron chi connectivity index (χ2n) is 6.71. The van der Waals surface area contributed by atoms with Crippen LogP contribution in [-0.2, 0) is 19.9 Å². The normalized spacial score (nSPS) is 28.0. The summed E-state index contributed by atoms with van der Waals surface area (Å²) in [5.41, 5.74) is 1.39. The van der Waals surface area contributed by atoms with Gasteiger partial charge in [-0.25, -0.2) is 0 Å². The van der Waals surface area contributed by atoms with Gasteiger partial charge in [0.05, 0.1) is 0 Å². The van der Waals surface area contributed by atoms with E-state index in [-0.39, 0.29) is 11.9 Å². The second kappa shape index (κ2) is 4.28. The molecule has 4 heteroatoms. The van der Waals surface area contributed by atoms with E-state index in [9.17, 15) is 4.79 Å². The molecule has 3 aromatic rings. The van der Waals surface area contributed by atoms with E-state index in [1.54, 1.807) is 7.11 Å². The average Bonchev–Trinajstić information content (AvgIpc) is 3.45. The van der Waals surface area contributed by atoms with Gasteiger partial charge in [0.25, 0.3) is 0 Å². The Morgan fingerprint density at radius 1 is 0.920 bits per heavy atom. The fourth-order valence-corrected chi connectivity index (χ4v) is 4.49. The predicted octanol–water partition coefficient (Wildman–Crippen LogP) is 3.86. The molecule has 3 aliphatic rings. The van der Waals surface area contributed by atoms with Crippen LogP contribution in [0, 0.1) is 0 Å². The summed E-state index contributed by atoms with van der Waals surface area (Å²) in [6.45, 7) is 0. The molecule has 3 atom stereocenters. The highest BCUT2D eigenvalue weighted by molar-refractivity contribution is 6.06. The van der Waals surface area contributed by atoms with Gasteiger partial charge < -0.3 is 14.2 Å². The standard InChI is InChI=1S/C21H14O4/c1-23-21-16-12-6-3-2-5-11(12)9-10-15(16)24-14-8-4-7-13(17(14)21)18-19(25-18)20(21)22/h2-10,18-19H,1H3/t18-,19-,21+/m0/s1.